The molecule has 5 rings (SSSR count). The number of piperidine rings is 1. The zero-order valence-corrected chi connectivity index (χ0v) is 24.4. The lowest BCUT2D eigenvalue weighted by Crippen LogP contribution is -2.56. The molecule has 1 fully saturated rings. The van der Waals surface area contributed by atoms with Crippen LogP contribution in [0.15, 0.2) is 66.0 Å². The van der Waals surface area contributed by atoms with Gasteiger partial charge in [0.25, 0.3) is 0 Å². The maximum atomic E-state index is 14.3. The summed E-state index contributed by atoms with van der Waals surface area (Å²) in [6, 6.07) is 10.1. The van der Waals surface area contributed by atoms with Gasteiger partial charge < -0.3 is 30.7 Å². The molecule has 2 aliphatic heterocycles. The summed E-state index contributed by atoms with van der Waals surface area (Å²) in [6.07, 6.45) is 3.48. The number of imide groups is 1. The van der Waals surface area contributed by atoms with Crippen molar-refractivity contribution in [1.82, 2.24) is 31.2 Å². The Hall–Kier alpha value is -4.46. The first-order valence-corrected chi connectivity index (χ1v) is 14.3. The van der Waals surface area contributed by atoms with E-state index in [4.69, 9.17) is 9.47 Å². The van der Waals surface area contributed by atoms with Crippen molar-refractivity contribution in [1.29, 1.82) is 0 Å². The Morgan fingerprint density at radius 3 is 2.68 bits per heavy atom. The molecule has 44 heavy (non-hydrogen) atoms. The van der Waals surface area contributed by atoms with Crippen molar-refractivity contribution in [3.8, 4) is 0 Å². The first kappa shape index (κ1) is 31.0. The molecule has 13 heteroatoms. The van der Waals surface area contributed by atoms with Crippen molar-refractivity contribution in [2.75, 3.05) is 40.5 Å². The van der Waals surface area contributed by atoms with Gasteiger partial charge in [-0.3, -0.25) is 4.98 Å². The van der Waals surface area contributed by atoms with E-state index in [1.807, 2.05) is 24.4 Å². The zero-order valence-electron chi connectivity index (χ0n) is 24.4. The number of hydrogen-bond acceptors (Lipinski definition) is 8. The standard InChI is InChI=1S/C31H34F2N6O5/c1-43-17-25-26(29(40)44-2)28(19-7-8-22(32)23(33)15-19)39(31(42)38-25)30(41)37-14-13-34-20-10-12-35-24(16-20)27-21-6-4-3-5-18(21)9-11-36-27/h3-9,11,15,20,24,28,34-35H,10,12-14,16-17H2,1-2H3,(H,37,41)(H,38,42)/t20?,24?,28-/m0/s1. The van der Waals surface area contributed by atoms with Gasteiger partial charge in [0.1, 0.15) is 6.04 Å². The molecule has 2 aromatic carbocycles. The minimum atomic E-state index is -1.40. The lowest BCUT2D eigenvalue weighted by atomic mass is 9.93. The van der Waals surface area contributed by atoms with Crippen LogP contribution < -0.4 is 21.3 Å². The summed E-state index contributed by atoms with van der Waals surface area (Å²) in [5, 5.41) is 14.4. The molecule has 4 amide bonds. The number of nitrogens with one attached hydrogen (secondary N) is 4. The van der Waals surface area contributed by atoms with Crippen LogP contribution >= 0.6 is 0 Å². The number of nitrogens with zero attached hydrogens (tertiary/aromatic N) is 2. The summed E-state index contributed by atoms with van der Waals surface area (Å²) in [5.74, 6) is -3.19. The van der Waals surface area contributed by atoms with Gasteiger partial charge in [0.05, 0.1) is 36.7 Å². The first-order chi connectivity index (χ1) is 21.3. The molecular formula is C31H34F2N6O5. The normalized spacial score (nSPS) is 20.4. The zero-order chi connectivity index (χ0) is 31.2. The lowest BCUT2D eigenvalue weighted by Gasteiger charge is -2.36. The number of benzene rings is 2. The highest BCUT2D eigenvalue weighted by molar-refractivity contribution is 6.01. The predicted octanol–water partition coefficient (Wildman–Crippen LogP) is 3.45. The number of esters is 1. The fraction of sp³-hybridized carbons (Fsp3) is 0.355. The number of aromatic nitrogens is 1. The molecule has 0 radical (unpaired) electrons. The van der Waals surface area contributed by atoms with Gasteiger partial charge in [-0.15, -0.1) is 0 Å². The number of methoxy groups -OCH3 is 2. The second-order valence-electron chi connectivity index (χ2n) is 10.5. The van der Waals surface area contributed by atoms with Gasteiger partial charge in [0, 0.05) is 37.8 Å². The molecule has 4 N–H and O–H groups in total. The molecule has 0 saturated carbocycles. The van der Waals surface area contributed by atoms with Crippen molar-refractivity contribution >= 4 is 28.8 Å². The Balaban J connectivity index is 1.27. The minimum absolute atomic E-state index is 0.00354. The molecule has 3 aromatic rings. The monoisotopic (exact) mass is 608 g/mol. The summed E-state index contributed by atoms with van der Waals surface area (Å²) in [6.45, 7) is 1.14. The maximum absolute atomic E-state index is 14.3. The third-order valence-electron chi connectivity index (χ3n) is 7.78. The highest BCUT2D eigenvalue weighted by atomic mass is 19.2. The number of ether oxygens (including phenoxy) is 2. The Bertz CT molecular complexity index is 1580. The van der Waals surface area contributed by atoms with Gasteiger partial charge in [0.2, 0.25) is 0 Å². The molecule has 1 aromatic heterocycles. The van der Waals surface area contributed by atoms with Crippen molar-refractivity contribution in [2.24, 2.45) is 0 Å². The van der Waals surface area contributed by atoms with Crippen molar-refractivity contribution in [3.63, 3.8) is 0 Å². The molecule has 3 atom stereocenters. The van der Waals surface area contributed by atoms with Gasteiger partial charge in [-0.2, -0.15) is 0 Å². The van der Waals surface area contributed by atoms with Crippen LogP contribution in [-0.4, -0.2) is 74.4 Å². The summed E-state index contributed by atoms with van der Waals surface area (Å²) in [7, 11) is 2.49. The van der Waals surface area contributed by atoms with E-state index in [0.29, 0.717) is 6.54 Å². The van der Waals surface area contributed by atoms with Crippen LogP contribution in [0.25, 0.3) is 10.8 Å². The fourth-order valence-electron chi connectivity index (χ4n) is 5.74. The van der Waals surface area contributed by atoms with Crippen LogP contribution in [0.2, 0.25) is 0 Å². The molecule has 232 valence electrons. The van der Waals surface area contributed by atoms with Crippen molar-refractivity contribution in [3.05, 3.63) is 88.9 Å². The van der Waals surface area contributed by atoms with Crippen LogP contribution in [0.5, 0.6) is 0 Å². The fourth-order valence-corrected chi connectivity index (χ4v) is 5.74. The average molecular weight is 609 g/mol. The van der Waals surface area contributed by atoms with Gasteiger partial charge in [-0.25, -0.2) is 28.1 Å². The van der Waals surface area contributed by atoms with E-state index in [1.54, 1.807) is 0 Å². The third kappa shape index (κ3) is 6.54. The van der Waals surface area contributed by atoms with Gasteiger partial charge >= 0.3 is 18.0 Å². The molecular weight excluding hydrogens is 574 g/mol. The molecule has 11 nitrogen and oxygen atoms in total. The summed E-state index contributed by atoms with van der Waals surface area (Å²) < 4.78 is 38.1. The first-order valence-electron chi connectivity index (χ1n) is 14.3. The number of carbonyl (C=O) groups is 3. The highest BCUT2D eigenvalue weighted by Gasteiger charge is 2.43. The van der Waals surface area contributed by atoms with Crippen LogP contribution in [0.3, 0.4) is 0 Å². The summed E-state index contributed by atoms with van der Waals surface area (Å²) >= 11 is 0. The molecule has 0 aliphatic carbocycles. The van der Waals surface area contributed by atoms with E-state index in [0.717, 1.165) is 60.0 Å². The number of pyridine rings is 1. The van der Waals surface area contributed by atoms with E-state index in [2.05, 4.69) is 38.4 Å². The number of urea groups is 2. The Morgan fingerprint density at radius 1 is 1.09 bits per heavy atom. The molecule has 1 saturated heterocycles. The molecule has 0 spiro atoms. The summed E-state index contributed by atoms with van der Waals surface area (Å²) in [5.41, 5.74) is 0.899. The number of fused-ring (bicyclic) bond motifs is 1. The number of hydrogen-bond donors (Lipinski definition) is 4. The topological polar surface area (TPSA) is 134 Å². The van der Waals surface area contributed by atoms with E-state index in [-0.39, 0.29) is 42.1 Å². The van der Waals surface area contributed by atoms with Crippen LogP contribution in [-0.2, 0) is 14.3 Å². The SMILES string of the molecule is COCC1=C(C(=O)OC)[C@H](c2ccc(F)c(F)c2)N(C(=O)NCCNC2CCNC(c3nccc4ccccc34)C2)C(=O)N1. The minimum Gasteiger partial charge on any atom is -0.466 e. The molecule has 0 bridgehead atoms. The molecule has 2 unspecified atom stereocenters. The third-order valence-corrected chi connectivity index (χ3v) is 7.78. The maximum Gasteiger partial charge on any atom is 0.338 e. The number of halogens is 2. The number of carbonyl (C=O) groups excluding carboxylic acids is 3. The second kappa shape index (κ2) is 13.9. The Labute approximate surface area is 253 Å². The Kier molecular flexibility index (Phi) is 9.78. The van der Waals surface area contributed by atoms with E-state index >= 15 is 0 Å². The van der Waals surface area contributed by atoms with Gasteiger partial charge in [-0.1, -0.05) is 30.3 Å². The quantitative estimate of drug-likeness (QED) is 0.215. The van der Waals surface area contributed by atoms with E-state index in [9.17, 15) is 23.2 Å². The number of amides is 4. The van der Waals surface area contributed by atoms with Gasteiger partial charge in [-0.05, 0) is 48.5 Å². The van der Waals surface area contributed by atoms with Crippen molar-refractivity contribution in [2.45, 2.75) is 31.0 Å². The largest absolute Gasteiger partial charge is 0.466 e. The van der Waals surface area contributed by atoms with Crippen LogP contribution in [0, 0.1) is 11.6 Å². The molecule has 2 aliphatic rings. The van der Waals surface area contributed by atoms with Crippen LogP contribution in [0.4, 0.5) is 18.4 Å². The van der Waals surface area contributed by atoms with E-state index < -0.39 is 35.7 Å². The highest BCUT2D eigenvalue weighted by Crippen LogP contribution is 2.35. The van der Waals surface area contributed by atoms with E-state index in [1.165, 1.54) is 13.2 Å². The summed E-state index contributed by atoms with van der Waals surface area (Å²) in [4.78, 5) is 44.9. The molecule has 3 heterocycles. The number of rotatable bonds is 9. The average Bonchev–Trinajstić information content (AvgIpc) is 3.03. The Morgan fingerprint density at radius 2 is 1.91 bits per heavy atom. The lowest BCUT2D eigenvalue weighted by molar-refractivity contribution is -0.137. The second-order valence-corrected chi connectivity index (χ2v) is 10.5. The van der Waals surface area contributed by atoms with Gasteiger partial charge in [0.15, 0.2) is 11.6 Å². The van der Waals surface area contributed by atoms with Crippen LogP contribution in [0.1, 0.15) is 36.2 Å². The van der Waals surface area contributed by atoms with Crippen molar-refractivity contribution < 1.29 is 32.6 Å². The predicted molar refractivity (Wildman–Crippen MR) is 157 cm³/mol. The smallest absolute Gasteiger partial charge is 0.338 e.